The van der Waals surface area contributed by atoms with Crippen LogP contribution in [0.4, 0.5) is 0 Å². The number of hydrogen-bond donors (Lipinski definition) is 2. The molecule has 0 aliphatic heterocycles. The van der Waals surface area contributed by atoms with Crippen LogP contribution in [0, 0.1) is 11.8 Å². The quantitative estimate of drug-likeness (QED) is 0.614. The standard InChI is InChI=1S/C8H14O4/c1-5(2)3-4-6(7(9)10)8(11)12/h5-6H,3-4H2,1-2H3,(H,9,10)(H,11,12). The largest absolute Gasteiger partial charge is 0.481 e. The van der Waals surface area contributed by atoms with Crippen LogP contribution in [0.1, 0.15) is 26.7 Å². The Morgan fingerprint density at radius 1 is 1.08 bits per heavy atom. The lowest BCUT2D eigenvalue weighted by Gasteiger charge is -2.08. The molecule has 0 bridgehead atoms. The molecule has 0 unspecified atom stereocenters. The van der Waals surface area contributed by atoms with Gasteiger partial charge in [-0.25, -0.2) is 0 Å². The van der Waals surface area contributed by atoms with Gasteiger partial charge in [-0.1, -0.05) is 13.8 Å². The van der Waals surface area contributed by atoms with Gasteiger partial charge in [-0.05, 0) is 18.8 Å². The molecule has 0 aliphatic carbocycles. The number of carboxylic acids is 2. The average molecular weight is 174 g/mol. The molecule has 0 amide bonds. The summed E-state index contributed by atoms with van der Waals surface area (Å²) in [6.07, 6.45) is 0.839. The molecular weight excluding hydrogens is 160 g/mol. The van der Waals surface area contributed by atoms with Crippen molar-refractivity contribution >= 4 is 11.9 Å². The topological polar surface area (TPSA) is 74.6 Å². The number of carboxylic acid groups (broad SMARTS) is 2. The Morgan fingerprint density at radius 3 is 1.75 bits per heavy atom. The van der Waals surface area contributed by atoms with Crippen molar-refractivity contribution in [2.24, 2.45) is 11.8 Å². The fourth-order valence-corrected chi connectivity index (χ4v) is 0.853. The molecule has 0 rings (SSSR count). The maximum atomic E-state index is 10.4. The predicted octanol–water partition coefficient (Wildman–Crippen LogP) is 1.21. The van der Waals surface area contributed by atoms with Crippen LogP contribution in [-0.2, 0) is 9.59 Å². The molecule has 0 aromatic heterocycles. The molecule has 4 nitrogen and oxygen atoms in total. The fraction of sp³-hybridized carbons (Fsp3) is 0.750. The molecule has 0 heterocycles. The molecular formula is C8H14O4. The second-order valence-corrected chi connectivity index (χ2v) is 3.20. The van der Waals surface area contributed by atoms with Gasteiger partial charge < -0.3 is 10.2 Å². The van der Waals surface area contributed by atoms with Gasteiger partial charge in [0.25, 0.3) is 0 Å². The predicted molar refractivity (Wildman–Crippen MR) is 42.8 cm³/mol. The van der Waals surface area contributed by atoms with E-state index in [1.807, 2.05) is 13.8 Å². The number of hydrogen-bond acceptors (Lipinski definition) is 2. The fourth-order valence-electron chi connectivity index (χ4n) is 0.853. The average Bonchev–Trinajstić information content (AvgIpc) is 1.84. The zero-order valence-electron chi connectivity index (χ0n) is 7.28. The van der Waals surface area contributed by atoms with E-state index in [9.17, 15) is 9.59 Å². The smallest absolute Gasteiger partial charge is 0.317 e. The highest BCUT2D eigenvalue weighted by molar-refractivity contribution is 5.92. The van der Waals surface area contributed by atoms with Crippen LogP contribution >= 0.6 is 0 Å². The summed E-state index contributed by atoms with van der Waals surface area (Å²) in [5, 5.41) is 17.0. The van der Waals surface area contributed by atoms with Crippen LogP contribution < -0.4 is 0 Å². The van der Waals surface area contributed by atoms with Crippen LogP contribution in [0.25, 0.3) is 0 Å². The van der Waals surface area contributed by atoms with Gasteiger partial charge >= 0.3 is 11.9 Å². The molecule has 2 N–H and O–H groups in total. The summed E-state index contributed by atoms with van der Waals surface area (Å²) in [7, 11) is 0. The van der Waals surface area contributed by atoms with Crippen molar-refractivity contribution in [1.82, 2.24) is 0 Å². The van der Waals surface area contributed by atoms with E-state index >= 15 is 0 Å². The van der Waals surface area contributed by atoms with Crippen LogP contribution in [0.15, 0.2) is 0 Å². The van der Waals surface area contributed by atoms with Crippen molar-refractivity contribution in [2.75, 3.05) is 0 Å². The summed E-state index contributed by atoms with van der Waals surface area (Å²) < 4.78 is 0. The molecule has 0 saturated heterocycles. The highest BCUT2D eigenvalue weighted by atomic mass is 16.4. The van der Waals surface area contributed by atoms with Crippen molar-refractivity contribution < 1.29 is 19.8 Å². The second-order valence-electron chi connectivity index (χ2n) is 3.20. The molecule has 0 radical (unpaired) electrons. The normalized spacial score (nSPS) is 10.7. The molecule has 70 valence electrons. The van der Waals surface area contributed by atoms with E-state index in [0.717, 1.165) is 0 Å². The van der Waals surface area contributed by atoms with Gasteiger partial charge in [-0.3, -0.25) is 9.59 Å². The first-order valence-electron chi connectivity index (χ1n) is 3.90. The minimum absolute atomic E-state index is 0.211. The van der Waals surface area contributed by atoms with Crippen LogP contribution in [0.2, 0.25) is 0 Å². The summed E-state index contributed by atoms with van der Waals surface area (Å²) in [6.45, 7) is 3.86. The second kappa shape index (κ2) is 4.74. The first-order chi connectivity index (χ1) is 5.45. The molecule has 4 heteroatoms. The van der Waals surface area contributed by atoms with Crippen molar-refractivity contribution in [3.63, 3.8) is 0 Å². The Kier molecular flexibility index (Phi) is 4.33. The van der Waals surface area contributed by atoms with Gasteiger partial charge in [0.2, 0.25) is 0 Å². The monoisotopic (exact) mass is 174 g/mol. The summed E-state index contributed by atoms with van der Waals surface area (Å²) in [6, 6.07) is 0. The lowest BCUT2D eigenvalue weighted by atomic mass is 9.98. The first kappa shape index (κ1) is 10.9. The van der Waals surface area contributed by atoms with Crippen molar-refractivity contribution in [3.05, 3.63) is 0 Å². The highest BCUT2D eigenvalue weighted by Crippen LogP contribution is 2.12. The maximum Gasteiger partial charge on any atom is 0.317 e. The lowest BCUT2D eigenvalue weighted by molar-refractivity contribution is -0.154. The van der Waals surface area contributed by atoms with Crippen molar-refractivity contribution in [1.29, 1.82) is 0 Å². The number of carbonyl (C=O) groups is 2. The van der Waals surface area contributed by atoms with E-state index in [1.165, 1.54) is 0 Å². The minimum Gasteiger partial charge on any atom is -0.481 e. The molecule has 0 saturated carbocycles. The van der Waals surface area contributed by atoms with Gasteiger partial charge in [-0.2, -0.15) is 0 Å². The lowest BCUT2D eigenvalue weighted by Crippen LogP contribution is -2.23. The van der Waals surface area contributed by atoms with Gasteiger partial charge in [0.05, 0.1) is 0 Å². The Labute approximate surface area is 71.2 Å². The molecule has 12 heavy (non-hydrogen) atoms. The van der Waals surface area contributed by atoms with Crippen LogP contribution in [0.3, 0.4) is 0 Å². The molecule has 0 aromatic rings. The summed E-state index contributed by atoms with van der Waals surface area (Å²) >= 11 is 0. The summed E-state index contributed by atoms with van der Waals surface area (Å²) in [5.41, 5.74) is 0. The molecule has 0 aliphatic rings. The van der Waals surface area contributed by atoms with Gasteiger partial charge in [0, 0.05) is 0 Å². The van der Waals surface area contributed by atoms with Gasteiger partial charge in [-0.15, -0.1) is 0 Å². The van der Waals surface area contributed by atoms with E-state index in [-0.39, 0.29) is 6.42 Å². The zero-order valence-corrected chi connectivity index (χ0v) is 7.28. The van der Waals surface area contributed by atoms with Crippen LogP contribution in [-0.4, -0.2) is 22.2 Å². The highest BCUT2D eigenvalue weighted by Gasteiger charge is 2.25. The SMILES string of the molecule is CC(C)CCC(C(=O)O)C(=O)O. The number of aliphatic carboxylic acids is 2. The summed E-state index contributed by atoms with van der Waals surface area (Å²) in [4.78, 5) is 20.7. The Hall–Kier alpha value is -1.06. The summed E-state index contributed by atoms with van der Waals surface area (Å²) in [5.74, 6) is -3.40. The van der Waals surface area contributed by atoms with E-state index in [0.29, 0.717) is 12.3 Å². The van der Waals surface area contributed by atoms with Gasteiger partial charge in [0.1, 0.15) is 0 Å². The maximum absolute atomic E-state index is 10.4. The Bertz CT molecular complexity index is 160. The third-order valence-electron chi connectivity index (χ3n) is 1.63. The van der Waals surface area contributed by atoms with E-state index < -0.39 is 17.9 Å². The van der Waals surface area contributed by atoms with Crippen molar-refractivity contribution in [3.8, 4) is 0 Å². The van der Waals surface area contributed by atoms with E-state index in [2.05, 4.69) is 0 Å². The third-order valence-corrected chi connectivity index (χ3v) is 1.63. The Morgan fingerprint density at radius 2 is 1.50 bits per heavy atom. The molecule has 0 atom stereocenters. The van der Waals surface area contributed by atoms with Gasteiger partial charge in [0.15, 0.2) is 5.92 Å². The molecule has 0 spiro atoms. The zero-order chi connectivity index (χ0) is 9.72. The molecule has 0 fully saturated rings. The Balaban J connectivity index is 3.97. The van der Waals surface area contributed by atoms with Crippen LogP contribution in [0.5, 0.6) is 0 Å². The van der Waals surface area contributed by atoms with E-state index in [1.54, 1.807) is 0 Å². The van der Waals surface area contributed by atoms with E-state index in [4.69, 9.17) is 10.2 Å². The van der Waals surface area contributed by atoms with Crippen molar-refractivity contribution in [2.45, 2.75) is 26.7 Å². The first-order valence-corrected chi connectivity index (χ1v) is 3.90. The third kappa shape index (κ3) is 3.95. The molecule has 0 aromatic carbocycles. The minimum atomic E-state index is -1.25. The number of rotatable bonds is 5.